The van der Waals surface area contributed by atoms with Crippen LogP contribution in [0.2, 0.25) is 0 Å². The molecule has 0 fully saturated rings. The number of ether oxygens (including phenoxy) is 1. The number of benzene rings is 1. The summed E-state index contributed by atoms with van der Waals surface area (Å²) in [6, 6.07) is 4.71. The van der Waals surface area contributed by atoms with Crippen molar-refractivity contribution in [3.05, 3.63) is 34.9 Å². The molecule has 0 radical (unpaired) electrons. The second-order valence-electron chi connectivity index (χ2n) is 4.43. The summed E-state index contributed by atoms with van der Waals surface area (Å²) in [5.41, 5.74) is 1.40. The summed E-state index contributed by atoms with van der Waals surface area (Å²) in [6.45, 7) is 0.0897. The minimum Gasteiger partial charge on any atom is -0.478 e. The number of rotatable bonds is 3. The Labute approximate surface area is 121 Å². The first-order valence-corrected chi connectivity index (χ1v) is 7.49. The number of nitrogens with zero attached hydrogens (tertiary/aromatic N) is 1. The molecule has 1 aromatic rings. The van der Waals surface area contributed by atoms with Crippen molar-refractivity contribution in [2.45, 2.75) is 13.0 Å². The van der Waals surface area contributed by atoms with Crippen LogP contribution >= 0.6 is 0 Å². The smallest absolute Gasteiger partial charge is 0.421 e. The van der Waals surface area contributed by atoms with E-state index < -0.39 is 22.3 Å². The number of hydrogen-bond acceptors (Lipinski definition) is 5. The van der Waals surface area contributed by atoms with E-state index in [2.05, 4.69) is 4.74 Å². The zero-order valence-electron chi connectivity index (χ0n) is 11.2. The van der Waals surface area contributed by atoms with Gasteiger partial charge in [0.25, 0.3) is 0 Å². The first kappa shape index (κ1) is 15.3. The summed E-state index contributed by atoms with van der Waals surface area (Å²) in [4.78, 5) is 22.2. The van der Waals surface area contributed by atoms with Crippen molar-refractivity contribution in [3.8, 4) is 0 Å². The number of amides is 1. The van der Waals surface area contributed by atoms with Crippen LogP contribution in [0.15, 0.2) is 18.2 Å². The van der Waals surface area contributed by atoms with Gasteiger partial charge in [-0.1, -0.05) is 12.1 Å². The zero-order valence-corrected chi connectivity index (χ0v) is 12.0. The van der Waals surface area contributed by atoms with E-state index in [1.165, 1.54) is 6.07 Å². The molecule has 114 valence electrons. The van der Waals surface area contributed by atoms with Gasteiger partial charge in [-0.15, -0.1) is 0 Å². The summed E-state index contributed by atoms with van der Waals surface area (Å²) in [5, 5.41) is 9.11. The third kappa shape index (κ3) is 3.14. The number of carboxylic acids is 1. The fourth-order valence-corrected chi connectivity index (χ4v) is 3.26. The minimum absolute atomic E-state index is 0.00276. The number of carboxylic acid groups (broad SMARTS) is 1. The Hall–Kier alpha value is -2.13. The Morgan fingerprint density at radius 2 is 2.10 bits per heavy atom. The van der Waals surface area contributed by atoms with Gasteiger partial charge in [0.15, 0.2) is 0 Å². The largest absolute Gasteiger partial charge is 0.478 e. The summed E-state index contributed by atoms with van der Waals surface area (Å²) >= 11 is 0. The Morgan fingerprint density at radius 1 is 1.38 bits per heavy atom. The van der Waals surface area contributed by atoms with Crippen molar-refractivity contribution in [2.24, 2.45) is 0 Å². The Balaban J connectivity index is 2.26. The van der Waals surface area contributed by atoms with Gasteiger partial charge >= 0.3 is 22.3 Å². The van der Waals surface area contributed by atoms with Gasteiger partial charge in [0.1, 0.15) is 0 Å². The molecule has 0 saturated carbocycles. The number of carbonyl (C=O) groups excluding carboxylic acids is 1. The van der Waals surface area contributed by atoms with E-state index in [1.54, 1.807) is 16.9 Å². The minimum atomic E-state index is -4.01. The van der Waals surface area contributed by atoms with E-state index in [0.29, 0.717) is 11.1 Å². The lowest BCUT2D eigenvalue weighted by Crippen LogP contribution is -2.45. The molecule has 1 heterocycles. The van der Waals surface area contributed by atoms with Crippen molar-refractivity contribution in [1.29, 1.82) is 0 Å². The fourth-order valence-electron chi connectivity index (χ4n) is 2.20. The lowest BCUT2D eigenvalue weighted by molar-refractivity contribution is 0.0695. The Morgan fingerprint density at radius 3 is 2.71 bits per heavy atom. The van der Waals surface area contributed by atoms with Gasteiger partial charge in [-0.2, -0.15) is 12.7 Å². The molecule has 1 aliphatic rings. The van der Waals surface area contributed by atoms with E-state index in [4.69, 9.17) is 5.11 Å². The highest BCUT2D eigenvalue weighted by molar-refractivity contribution is 7.87. The van der Waals surface area contributed by atoms with Crippen LogP contribution in [0, 0.1) is 0 Å². The number of carbonyl (C=O) groups is 2. The Bertz CT molecular complexity index is 685. The highest BCUT2D eigenvalue weighted by atomic mass is 32.2. The molecule has 1 aromatic carbocycles. The molecule has 2 N–H and O–H groups in total. The molecular formula is C12H14N2O6S. The molecule has 1 amide bonds. The van der Waals surface area contributed by atoms with Gasteiger partial charge < -0.3 is 9.84 Å². The maximum absolute atomic E-state index is 12.0. The third-order valence-corrected chi connectivity index (χ3v) is 4.62. The number of nitrogens with one attached hydrogen (secondary N) is 1. The highest BCUT2D eigenvalue weighted by Crippen LogP contribution is 2.24. The summed E-state index contributed by atoms with van der Waals surface area (Å²) in [7, 11) is -2.94. The average Bonchev–Trinajstić information content (AvgIpc) is 2.45. The summed E-state index contributed by atoms with van der Waals surface area (Å²) < 4.78 is 31.1. The van der Waals surface area contributed by atoms with E-state index in [0.717, 1.165) is 11.4 Å². The van der Waals surface area contributed by atoms with Crippen molar-refractivity contribution < 1.29 is 27.9 Å². The van der Waals surface area contributed by atoms with E-state index >= 15 is 0 Å². The monoisotopic (exact) mass is 314 g/mol. The molecule has 21 heavy (non-hydrogen) atoms. The predicted octanol–water partition coefficient (Wildman–Crippen LogP) is 0.344. The first-order chi connectivity index (χ1) is 9.85. The molecule has 0 saturated heterocycles. The van der Waals surface area contributed by atoms with E-state index in [1.807, 2.05) is 0 Å². The van der Waals surface area contributed by atoms with Crippen LogP contribution in [0.4, 0.5) is 4.79 Å². The van der Waals surface area contributed by atoms with Gasteiger partial charge in [0.05, 0.1) is 12.7 Å². The van der Waals surface area contributed by atoms with Crippen molar-refractivity contribution >= 4 is 22.3 Å². The molecule has 0 aromatic heterocycles. The molecule has 2 rings (SSSR count). The van der Waals surface area contributed by atoms with Crippen LogP contribution in [0.3, 0.4) is 0 Å². The fraction of sp³-hybridized carbons (Fsp3) is 0.333. The standard InChI is InChI=1S/C12H14N2O6S/c1-20-12(17)13-21(18,19)14-6-5-9-8(7-14)3-2-4-10(9)11(15)16/h2-4H,5-7H2,1H3,(H,13,17)(H,15,16). The summed E-state index contributed by atoms with van der Waals surface area (Å²) in [5.74, 6) is -1.05. The van der Waals surface area contributed by atoms with Crippen molar-refractivity contribution in [2.75, 3.05) is 13.7 Å². The second-order valence-corrected chi connectivity index (χ2v) is 6.10. The second kappa shape index (κ2) is 5.70. The molecule has 8 nitrogen and oxygen atoms in total. The summed E-state index contributed by atoms with van der Waals surface area (Å²) in [6.07, 6.45) is -0.806. The predicted molar refractivity (Wildman–Crippen MR) is 72.0 cm³/mol. The van der Waals surface area contributed by atoms with Crippen LogP contribution in [0.1, 0.15) is 21.5 Å². The van der Waals surface area contributed by atoms with Crippen LogP contribution in [-0.2, 0) is 27.9 Å². The van der Waals surface area contributed by atoms with Gasteiger partial charge in [0, 0.05) is 13.1 Å². The van der Waals surface area contributed by atoms with Crippen LogP contribution in [0.25, 0.3) is 0 Å². The maximum Gasteiger partial charge on any atom is 0.421 e. The SMILES string of the molecule is COC(=O)NS(=O)(=O)N1CCc2c(cccc2C(=O)O)C1. The number of aromatic carboxylic acids is 1. The molecule has 0 unspecified atom stereocenters. The quantitative estimate of drug-likeness (QED) is 0.832. The van der Waals surface area contributed by atoms with Crippen LogP contribution in [-0.4, -0.2) is 43.5 Å². The third-order valence-electron chi connectivity index (χ3n) is 3.20. The van der Waals surface area contributed by atoms with Crippen molar-refractivity contribution in [1.82, 2.24) is 9.03 Å². The molecule has 1 aliphatic heterocycles. The molecule has 0 spiro atoms. The lowest BCUT2D eigenvalue weighted by Gasteiger charge is -2.28. The number of fused-ring (bicyclic) bond motifs is 1. The highest BCUT2D eigenvalue weighted by Gasteiger charge is 2.30. The normalized spacial score (nSPS) is 15.1. The topological polar surface area (TPSA) is 113 Å². The molecule has 0 aliphatic carbocycles. The van der Waals surface area contributed by atoms with Gasteiger partial charge in [-0.05, 0) is 23.6 Å². The van der Waals surface area contributed by atoms with Gasteiger partial charge in [-0.25, -0.2) is 14.3 Å². The molecule has 9 heteroatoms. The van der Waals surface area contributed by atoms with Crippen LogP contribution < -0.4 is 4.72 Å². The Kier molecular flexibility index (Phi) is 4.14. The van der Waals surface area contributed by atoms with E-state index in [-0.39, 0.29) is 25.1 Å². The molecule has 0 atom stereocenters. The van der Waals surface area contributed by atoms with Crippen LogP contribution in [0.5, 0.6) is 0 Å². The average molecular weight is 314 g/mol. The van der Waals surface area contributed by atoms with Gasteiger partial charge in [-0.3, -0.25) is 0 Å². The van der Waals surface area contributed by atoms with Crippen molar-refractivity contribution in [3.63, 3.8) is 0 Å². The first-order valence-electron chi connectivity index (χ1n) is 6.05. The zero-order chi connectivity index (χ0) is 15.6. The molecule has 0 bridgehead atoms. The maximum atomic E-state index is 12.0. The van der Waals surface area contributed by atoms with Gasteiger partial charge in [0.2, 0.25) is 0 Å². The molecular weight excluding hydrogens is 300 g/mol. The number of methoxy groups -OCH3 is 1. The lowest BCUT2D eigenvalue weighted by atomic mass is 9.95. The van der Waals surface area contributed by atoms with E-state index in [9.17, 15) is 18.0 Å². The number of hydrogen-bond donors (Lipinski definition) is 2.